The molecule has 0 aliphatic rings. The number of carbonyl (C=O) groups is 2. The van der Waals surface area contributed by atoms with Crippen molar-refractivity contribution >= 4 is 19.8 Å². The maximum Gasteiger partial charge on any atom is 0.472 e. The number of hydrogen-bond donors (Lipinski definition) is 5. The molecule has 0 heterocycles. The van der Waals surface area contributed by atoms with E-state index in [0.29, 0.717) is 12.8 Å². The van der Waals surface area contributed by atoms with E-state index in [2.05, 4.69) is 38.2 Å². The predicted molar refractivity (Wildman–Crippen MR) is 264 cm³/mol. The minimum absolute atomic E-state index is 0.0324. The van der Waals surface area contributed by atoms with Gasteiger partial charge in [-0.1, -0.05) is 192 Å². The summed E-state index contributed by atoms with van der Waals surface area (Å²) in [5.74, 6) is -1.37. The largest absolute Gasteiger partial charge is 0.472 e. The first-order chi connectivity index (χ1) is 32.0. The summed E-state index contributed by atoms with van der Waals surface area (Å²) in [7, 11) is -5.08. The van der Waals surface area contributed by atoms with E-state index in [1.165, 1.54) is 161 Å². The first-order valence-electron chi connectivity index (χ1n) is 26.9. The lowest BCUT2D eigenvalue weighted by molar-refractivity contribution is -0.161. The lowest BCUT2D eigenvalue weighted by Gasteiger charge is -2.26. The van der Waals surface area contributed by atoms with Crippen molar-refractivity contribution in [2.45, 2.75) is 269 Å². The fraction of sp³-hybridized carbons (Fsp3) is 0.885. The third-order valence-electron chi connectivity index (χ3n) is 11.7. The summed E-state index contributed by atoms with van der Waals surface area (Å²) in [4.78, 5) is 35.8. The minimum atomic E-state index is -5.08. The van der Waals surface area contributed by atoms with Crippen molar-refractivity contribution in [3.8, 4) is 0 Å². The molecule has 65 heavy (non-hydrogen) atoms. The second-order valence-corrected chi connectivity index (χ2v) is 19.4. The van der Waals surface area contributed by atoms with Gasteiger partial charge in [0.25, 0.3) is 0 Å². The van der Waals surface area contributed by atoms with Crippen LogP contribution in [0.25, 0.3) is 0 Å². The number of phosphoric ester groups is 1. The number of unbranched alkanes of at least 4 members (excludes halogenated alkanes) is 30. The molecule has 12 nitrogen and oxygen atoms in total. The zero-order valence-electron chi connectivity index (χ0n) is 42.3. The summed E-state index contributed by atoms with van der Waals surface area (Å²) in [5, 5.41) is 38.4. The summed E-state index contributed by atoms with van der Waals surface area (Å²) < 4.78 is 41.6. The molecule has 0 fully saturated rings. The maximum atomic E-state index is 12.8. The van der Waals surface area contributed by atoms with E-state index in [1.54, 1.807) is 0 Å². The van der Waals surface area contributed by atoms with Crippen LogP contribution in [-0.4, -0.2) is 88.1 Å². The molecule has 2 unspecified atom stereocenters. The van der Waals surface area contributed by atoms with E-state index in [0.717, 1.165) is 44.9 Å². The third-order valence-corrected chi connectivity index (χ3v) is 12.7. The molecular weight excluding hydrogens is 848 g/mol. The van der Waals surface area contributed by atoms with Crippen molar-refractivity contribution in [3.05, 3.63) is 24.3 Å². The molecule has 0 amide bonds. The third kappa shape index (κ3) is 43.4. The van der Waals surface area contributed by atoms with Crippen LogP contribution in [0.4, 0.5) is 0 Å². The highest BCUT2D eigenvalue weighted by atomic mass is 31.2. The van der Waals surface area contributed by atoms with Crippen LogP contribution in [0.1, 0.15) is 246 Å². The number of aliphatic hydroxyl groups excluding tert-OH is 4. The average molecular weight is 948 g/mol. The van der Waals surface area contributed by atoms with E-state index < -0.39 is 70.6 Å². The molecule has 0 aromatic carbocycles. The Labute approximate surface area is 398 Å². The van der Waals surface area contributed by atoms with Crippen LogP contribution < -0.4 is 0 Å². The van der Waals surface area contributed by atoms with Gasteiger partial charge >= 0.3 is 19.8 Å². The zero-order chi connectivity index (χ0) is 48.8. The van der Waals surface area contributed by atoms with Crippen molar-refractivity contribution < 1.29 is 59.4 Å². The monoisotopic (exact) mass is 948 g/mol. The minimum Gasteiger partial charge on any atom is -0.462 e. The Kier molecular flexibility index (Phi) is 44.8. The molecule has 0 aliphatic carbocycles. The van der Waals surface area contributed by atoms with Gasteiger partial charge in [0.15, 0.2) is 6.10 Å². The van der Waals surface area contributed by atoms with Crippen molar-refractivity contribution in [1.82, 2.24) is 0 Å². The summed E-state index contributed by atoms with van der Waals surface area (Å²) in [5.41, 5.74) is 0. The second-order valence-electron chi connectivity index (χ2n) is 18.0. The summed E-state index contributed by atoms with van der Waals surface area (Å²) >= 11 is 0. The summed E-state index contributed by atoms with van der Waals surface area (Å²) in [6.45, 7) is -0.0706. The van der Waals surface area contributed by atoms with E-state index >= 15 is 0 Å². The van der Waals surface area contributed by atoms with Gasteiger partial charge in [-0.25, -0.2) is 4.57 Å². The molecule has 0 bridgehead atoms. The van der Waals surface area contributed by atoms with E-state index in [-0.39, 0.29) is 12.8 Å². The lowest BCUT2D eigenvalue weighted by atomic mass is 10.0. The molecule has 0 aromatic rings. The highest BCUT2D eigenvalue weighted by molar-refractivity contribution is 7.47. The number of aliphatic hydroxyl groups is 4. The first kappa shape index (κ1) is 61.4. The van der Waals surface area contributed by atoms with Crippen molar-refractivity contribution in [1.29, 1.82) is 0 Å². The van der Waals surface area contributed by atoms with Crippen LogP contribution in [0, 0.1) is 0 Å². The second kappa shape index (κ2) is 47.4. The van der Waals surface area contributed by atoms with Crippen molar-refractivity contribution in [2.75, 3.05) is 26.4 Å². The fourth-order valence-corrected chi connectivity index (χ4v) is 8.49. The van der Waals surface area contributed by atoms with Gasteiger partial charge in [0.05, 0.1) is 21.2 Å². The van der Waals surface area contributed by atoms with Gasteiger partial charge in [-0.15, -0.1) is 0 Å². The molecule has 0 radical (unpaired) electrons. The number of ether oxygens (including phenoxy) is 2. The van der Waals surface area contributed by atoms with Crippen LogP contribution in [0.15, 0.2) is 24.3 Å². The quantitative estimate of drug-likeness (QED) is 0.0168. The molecule has 0 saturated heterocycles. The number of allylic oxidation sites excluding steroid dienone is 4. The van der Waals surface area contributed by atoms with Gasteiger partial charge < -0.3 is 34.8 Å². The highest BCUT2D eigenvalue weighted by Gasteiger charge is 2.35. The van der Waals surface area contributed by atoms with Crippen LogP contribution in [0.2, 0.25) is 0 Å². The highest BCUT2D eigenvalue weighted by Crippen LogP contribution is 2.45. The van der Waals surface area contributed by atoms with E-state index in [4.69, 9.17) is 25.0 Å². The maximum absolute atomic E-state index is 12.8. The molecule has 0 aromatic heterocycles. The van der Waals surface area contributed by atoms with Crippen LogP contribution in [0.3, 0.4) is 0 Å². The Hall–Kier alpha value is -1.63. The molecule has 13 heteroatoms. The van der Waals surface area contributed by atoms with Gasteiger partial charge in [-0.3, -0.25) is 18.6 Å². The lowest BCUT2D eigenvalue weighted by Crippen LogP contribution is -2.42. The Morgan fingerprint density at radius 2 is 0.892 bits per heavy atom. The van der Waals surface area contributed by atoms with Gasteiger partial charge in [-0.05, 0) is 64.2 Å². The SMILES string of the molecule is [2H]C(OC(=O)CCCC/C=C\CCCCCCCCCC/C=C\CCCCCCC)[C@H](COP(=O)(O)O[C@H](CO)[C@@H](O)[C@H](O)CO)OC(=O)CCCCCCCCCCCCCCCCC. The number of esters is 2. The van der Waals surface area contributed by atoms with Crippen LogP contribution in [-0.2, 0) is 32.7 Å². The molecule has 0 spiro atoms. The molecule has 5 N–H and O–H groups in total. The Morgan fingerprint density at radius 1 is 0.538 bits per heavy atom. The van der Waals surface area contributed by atoms with Gasteiger partial charge in [0, 0.05) is 12.8 Å². The molecule has 0 aliphatic heterocycles. The van der Waals surface area contributed by atoms with Crippen LogP contribution >= 0.6 is 7.82 Å². The van der Waals surface area contributed by atoms with Crippen molar-refractivity contribution in [2.24, 2.45) is 0 Å². The summed E-state index contributed by atoms with van der Waals surface area (Å²) in [6.07, 6.45) is 42.1. The van der Waals surface area contributed by atoms with Gasteiger partial charge in [-0.2, -0.15) is 0 Å². The zero-order valence-corrected chi connectivity index (χ0v) is 42.2. The van der Waals surface area contributed by atoms with E-state index in [1.807, 2.05) is 0 Å². The van der Waals surface area contributed by atoms with Gasteiger partial charge in [0.2, 0.25) is 0 Å². The molecule has 0 saturated carbocycles. The van der Waals surface area contributed by atoms with Crippen LogP contribution in [0.5, 0.6) is 0 Å². The molecule has 384 valence electrons. The number of hydrogen-bond acceptors (Lipinski definition) is 11. The summed E-state index contributed by atoms with van der Waals surface area (Å²) in [6, 6.07) is 0. The average Bonchev–Trinajstić information content (AvgIpc) is 3.30. The molecular formula is C52H99O12P. The Bertz CT molecular complexity index is 1210. The van der Waals surface area contributed by atoms with Gasteiger partial charge in [0.1, 0.15) is 24.9 Å². The standard InChI is InChI=1S/C52H99O12P/c1-3-5-7-9-11-13-15-17-19-20-21-22-23-24-25-26-28-29-31-33-35-37-39-41-50(56)61-45-47(46-62-65(59,60)64-49(44-54)52(58)48(55)43-53)63-51(57)42-40-38-36-34-32-30-27-18-16-14-12-10-8-6-4-2/h15,17,31,33,47-49,52-55,58H,3-14,16,18-30,32,34-46H2,1-2H3,(H,59,60)/b17-15-,33-31-/t47-,48-,49-,52+/m1/s1/i45D/t45?,47-,48-,49-,52+. The molecule has 0 rings (SSSR count). The fourth-order valence-electron chi connectivity index (χ4n) is 7.56. The number of carbonyl (C=O) groups excluding carboxylic acids is 2. The van der Waals surface area contributed by atoms with E-state index in [9.17, 15) is 34.4 Å². The number of phosphoric acid groups is 1. The Morgan fingerprint density at radius 3 is 1.29 bits per heavy atom. The Balaban J connectivity index is 4.54. The van der Waals surface area contributed by atoms with Crippen molar-refractivity contribution in [3.63, 3.8) is 0 Å². The normalized spacial score (nSPS) is 15.5. The smallest absolute Gasteiger partial charge is 0.462 e. The first-order valence-corrected chi connectivity index (χ1v) is 27.9. The number of rotatable bonds is 50. The predicted octanol–water partition coefficient (Wildman–Crippen LogP) is 12.8. The topological polar surface area (TPSA) is 189 Å². The molecule has 6 atom stereocenters.